The lowest BCUT2D eigenvalue weighted by atomic mass is 9.80. The van der Waals surface area contributed by atoms with Crippen LogP contribution in [0.1, 0.15) is 39.5 Å². The number of hydrogen-bond donors (Lipinski definition) is 1. The first kappa shape index (κ1) is 11.0. The van der Waals surface area contributed by atoms with Crippen LogP contribution in [0.5, 0.6) is 0 Å². The summed E-state index contributed by atoms with van der Waals surface area (Å²) in [5, 5.41) is 3.52. The average Bonchev–Trinajstić information content (AvgIpc) is 2.02. The van der Waals surface area contributed by atoms with Crippen LogP contribution in [0.15, 0.2) is 0 Å². The van der Waals surface area contributed by atoms with Crippen molar-refractivity contribution in [3.8, 4) is 0 Å². The minimum absolute atomic E-state index is 0.616. The molecule has 1 atom stereocenters. The average molecular weight is 185 g/mol. The van der Waals surface area contributed by atoms with Gasteiger partial charge in [0.15, 0.2) is 0 Å². The minimum Gasteiger partial charge on any atom is -0.380 e. The van der Waals surface area contributed by atoms with E-state index in [1.165, 1.54) is 19.3 Å². The number of hydrogen-bond acceptors (Lipinski definition) is 2. The van der Waals surface area contributed by atoms with E-state index < -0.39 is 0 Å². The SMILES string of the molecule is CCCOCC(NCC)C1CCC1. The highest BCUT2D eigenvalue weighted by molar-refractivity contribution is 4.82. The summed E-state index contributed by atoms with van der Waals surface area (Å²) in [6.45, 7) is 7.22. The Balaban J connectivity index is 2.12. The van der Waals surface area contributed by atoms with Crippen molar-refractivity contribution >= 4 is 0 Å². The van der Waals surface area contributed by atoms with Gasteiger partial charge in [-0.3, -0.25) is 0 Å². The first-order valence-corrected chi connectivity index (χ1v) is 5.69. The van der Waals surface area contributed by atoms with E-state index in [9.17, 15) is 0 Å². The highest BCUT2D eigenvalue weighted by Crippen LogP contribution is 2.29. The van der Waals surface area contributed by atoms with Gasteiger partial charge < -0.3 is 10.1 Å². The standard InChI is InChI=1S/C11H23NO/c1-3-8-13-9-11(12-4-2)10-6-5-7-10/h10-12H,3-9H2,1-2H3. The molecule has 1 saturated carbocycles. The molecule has 0 amide bonds. The second-order valence-corrected chi connectivity index (χ2v) is 3.93. The summed E-state index contributed by atoms with van der Waals surface area (Å²) in [6, 6.07) is 0.616. The molecular weight excluding hydrogens is 162 g/mol. The van der Waals surface area contributed by atoms with Gasteiger partial charge in [-0.05, 0) is 31.7 Å². The van der Waals surface area contributed by atoms with Gasteiger partial charge in [0, 0.05) is 12.6 Å². The summed E-state index contributed by atoms with van der Waals surface area (Å²) in [4.78, 5) is 0. The molecule has 0 aliphatic heterocycles. The smallest absolute Gasteiger partial charge is 0.0622 e. The number of nitrogens with one attached hydrogen (secondary N) is 1. The summed E-state index contributed by atoms with van der Waals surface area (Å²) < 4.78 is 5.59. The Hall–Kier alpha value is -0.0800. The maximum Gasteiger partial charge on any atom is 0.0622 e. The molecule has 13 heavy (non-hydrogen) atoms. The van der Waals surface area contributed by atoms with E-state index in [0.717, 1.165) is 32.1 Å². The predicted octanol–water partition coefficient (Wildman–Crippen LogP) is 2.19. The maximum atomic E-state index is 5.59. The Morgan fingerprint density at radius 2 is 2.15 bits per heavy atom. The van der Waals surface area contributed by atoms with E-state index in [0.29, 0.717) is 6.04 Å². The molecule has 1 unspecified atom stereocenters. The van der Waals surface area contributed by atoms with Gasteiger partial charge in [-0.2, -0.15) is 0 Å². The van der Waals surface area contributed by atoms with Crippen molar-refractivity contribution in [2.24, 2.45) is 5.92 Å². The molecule has 1 fully saturated rings. The van der Waals surface area contributed by atoms with Crippen molar-refractivity contribution < 1.29 is 4.74 Å². The van der Waals surface area contributed by atoms with E-state index in [4.69, 9.17) is 4.74 Å². The van der Waals surface area contributed by atoms with Crippen molar-refractivity contribution in [1.29, 1.82) is 0 Å². The van der Waals surface area contributed by atoms with Crippen LogP contribution in [0.3, 0.4) is 0 Å². The van der Waals surface area contributed by atoms with Gasteiger partial charge in [-0.1, -0.05) is 20.3 Å². The summed E-state index contributed by atoms with van der Waals surface area (Å²) in [6.07, 6.45) is 5.34. The maximum absolute atomic E-state index is 5.59. The van der Waals surface area contributed by atoms with Crippen molar-refractivity contribution in [3.63, 3.8) is 0 Å². The normalized spacial score (nSPS) is 19.8. The highest BCUT2D eigenvalue weighted by atomic mass is 16.5. The van der Waals surface area contributed by atoms with E-state index in [1.54, 1.807) is 0 Å². The second kappa shape index (κ2) is 6.39. The van der Waals surface area contributed by atoms with E-state index in [1.807, 2.05) is 0 Å². The third-order valence-corrected chi connectivity index (χ3v) is 2.83. The summed E-state index contributed by atoms with van der Waals surface area (Å²) in [7, 11) is 0. The largest absolute Gasteiger partial charge is 0.380 e. The lowest BCUT2D eigenvalue weighted by Crippen LogP contribution is -2.42. The lowest BCUT2D eigenvalue weighted by Gasteiger charge is -2.34. The number of ether oxygens (including phenoxy) is 1. The molecule has 1 N–H and O–H groups in total. The fourth-order valence-electron chi connectivity index (χ4n) is 1.82. The monoisotopic (exact) mass is 185 g/mol. The van der Waals surface area contributed by atoms with Crippen LogP contribution in [0.4, 0.5) is 0 Å². The van der Waals surface area contributed by atoms with Crippen LogP contribution < -0.4 is 5.32 Å². The summed E-state index contributed by atoms with van der Waals surface area (Å²) in [5.74, 6) is 0.886. The van der Waals surface area contributed by atoms with Gasteiger partial charge in [0.25, 0.3) is 0 Å². The Bertz CT molecular complexity index is 123. The second-order valence-electron chi connectivity index (χ2n) is 3.93. The molecule has 0 spiro atoms. The Labute approximate surface area is 82.0 Å². The molecule has 0 aromatic heterocycles. The van der Waals surface area contributed by atoms with Crippen LogP contribution in [0.25, 0.3) is 0 Å². The van der Waals surface area contributed by atoms with Crippen molar-refractivity contribution in [2.75, 3.05) is 19.8 Å². The van der Waals surface area contributed by atoms with E-state index >= 15 is 0 Å². The zero-order chi connectivity index (χ0) is 9.52. The molecule has 0 aromatic carbocycles. The van der Waals surface area contributed by atoms with Gasteiger partial charge >= 0.3 is 0 Å². The third kappa shape index (κ3) is 3.65. The lowest BCUT2D eigenvalue weighted by molar-refractivity contribution is 0.0756. The molecule has 0 aromatic rings. The molecule has 0 radical (unpaired) electrons. The van der Waals surface area contributed by atoms with E-state index in [-0.39, 0.29) is 0 Å². The van der Waals surface area contributed by atoms with Gasteiger partial charge in [0.1, 0.15) is 0 Å². The van der Waals surface area contributed by atoms with Crippen LogP contribution in [-0.4, -0.2) is 25.8 Å². The van der Waals surface area contributed by atoms with Gasteiger partial charge in [-0.25, -0.2) is 0 Å². The van der Waals surface area contributed by atoms with Crippen molar-refractivity contribution in [1.82, 2.24) is 5.32 Å². The highest BCUT2D eigenvalue weighted by Gasteiger charge is 2.26. The van der Waals surface area contributed by atoms with Crippen molar-refractivity contribution in [3.05, 3.63) is 0 Å². The third-order valence-electron chi connectivity index (χ3n) is 2.83. The topological polar surface area (TPSA) is 21.3 Å². The molecule has 1 aliphatic rings. The molecule has 1 aliphatic carbocycles. The zero-order valence-corrected chi connectivity index (χ0v) is 9.01. The minimum atomic E-state index is 0.616. The summed E-state index contributed by atoms with van der Waals surface area (Å²) >= 11 is 0. The number of rotatable bonds is 7. The molecule has 1 rings (SSSR count). The fourth-order valence-corrected chi connectivity index (χ4v) is 1.82. The zero-order valence-electron chi connectivity index (χ0n) is 9.01. The molecule has 0 heterocycles. The first-order chi connectivity index (χ1) is 6.38. The molecule has 78 valence electrons. The van der Waals surface area contributed by atoms with Gasteiger partial charge in [0.2, 0.25) is 0 Å². The molecule has 2 heteroatoms. The molecule has 0 bridgehead atoms. The Morgan fingerprint density at radius 1 is 1.38 bits per heavy atom. The fraction of sp³-hybridized carbons (Fsp3) is 1.00. The quantitative estimate of drug-likeness (QED) is 0.614. The number of likely N-dealkylation sites (N-methyl/N-ethyl adjacent to an activating group) is 1. The van der Waals surface area contributed by atoms with Crippen LogP contribution >= 0.6 is 0 Å². The molecule has 2 nitrogen and oxygen atoms in total. The van der Waals surface area contributed by atoms with Crippen LogP contribution in [0, 0.1) is 5.92 Å². The van der Waals surface area contributed by atoms with Gasteiger partial charge in [0.05, 0.1) is 6.61 Å². The Kier molecular flexibility index (Phi) is 5.40. The molecular formula is C11H23NO. The predicted molar refractivity (Wildman–Crippen MR) is 55.9 cm³/mol. The summed E-state index contributed by atoms with van der Waals surface area (Å²) in [5.41, 5.74) is 0. The van der Waals surface area contributed by atoms with E-state index in [2.05, 4.69) is 19.2 Å². The Morgan fingerprint density at radius 3 is 2.62 bits per heavy atom. The molecule has 0 saturated heterocycles. The van der Waals surface area contributed by atoms with Crippen molar-refractivity contribution in [2.45, 2.75) is 45.6 Å². The van der Waals surface area contributed by atoms with Crippen LogP contribution in [-0.2, 0) is 4.74 Å². The van der Waals surface area contributed by atoms with Crippen LogP contribution in [0.2, 0.25) is 0 Å². The first-order valence-electron chi connectivity index (χ1n) is 5.69. The van der Waals surface area contributed by atoms with Gasteiger partial charge in [-0.15, -0.1) is 0 Å².